The summed E-state index contributed by atoms with van der Waals surface area (Å²) in [7, 11) is 0. The lowest BCUT2D eigenvalue weighted by molar-refractivity contribution is -0.139. The molecule has 0 bridgehead atoms. The number of benzene rings is 2. The van der Waals surface area contributed by atoms with E-state index in [-0.39, 0.29) is 5.95 Å². The number of carbonyl (C=O) groups is 1. The number of aliphatic carboxylic acids is 1. The summed E-state index contributed by atoms with van der Waals surface area (Å²) < 4.78 is 8.10. The van der Waals surface area contributed by atoms with Gasteiger partial charge in [0.05, 0.1) is 17.8 Å². The van der Waals surface area contributed by atoms with Crippen LogP contribution in [0, 0.1) is 0 Å². The topological polar surface area (TPSA) is 137 Å². The Hall–Kier alpha value is -4.73. The zero-order valence-corrected chi connectivity index (χ0v) is 16.5. The number of nitrogens with zero attached hydrogens (tertiary/aromatic N) is 6. The van der Waals surface area contributed by atoms with Crippen molar-refractivity contribution in [3.63, 3.8) is 0 Å². The van der Waals surface area contributed by atoms with Crippen LogP contribution in [0.15, 0.2) is 71.5 Å². The first kappa shape index (κ1) is 18.1. The summed E-state index contributed by atoms with van der Waals surface area (Å²) in [5.41, 5.74) is 7.42. The van der Waals surface area contributed by atoms with Gasteiger partial charge in [0.15, 0.2) is 23.1 Å². The number of hydrogen-bond acceptors (Lipinski definition) is 7. The zero-order chi connectivity index (χ0) is 21.8. The van der Waals surface area contributed by atoms with Crippen LogP contribution < -0.4 is 5.73 Å². The molecule has 1 unspecified atom stereocenters. The van der Waals surface area contributed by atoms with Gasteiger partial charge in [-0.15, -0.1) is 5.10 Å². The van der Waals surface area contributed by atoms with Crippen molar-refractivity contribution in [2.24, 2.45) is 0 Å². The maximum absolute atomic E-state index is 12.3. The van der Waals surface area contributed by atoms with Crippen molar-refractivity contribution in [2.75, 3.05) is 5.73 Å². The minimum Gasteiger partial charge on any atom is -0.479 e. The van der Waals surface area contributed by atoms with E-state index in [1.54, 1.807) is 18.2 Å². The molecule has 6 aromatic rings. The molecule has 0 aliphatic carbocycles. The smallest absolute Gasteiger partial charge is 0.333 e. The highest BCUT2D eigenvalue weighted by Gasteiger charge is 2.27. The van der Waals surface area contributed by atoms with E-state index < -0.39 is 12.0 Å². The fourth-order valence-corrected chi connectivity index (χ4v) is 3.89. The van der Waals surface area contributed by atoms with Crippen molar-refractivity contribution in [1.82, 2.24) is 29.4 Å². The van der Waals surface area contributed by atoms with Gasteiger partial charge < -0.3 is 15.3 Å². The van der Waals surface area contributed by atoms with E-state index in [9.17, 15) is 9.90 Å². The molecule has 156 valence electrons. The number of carboxylic acid groups (broad SMARTS) is 1. The molecule has 1 atom stereocenters. The molecule has 0 fully saturated rings. The predicted molar refractivity (Wildman–Crippen MR) is 116 cm³/mol. The summed E-state index contributed by atoms with van der Waals surface area (Å²) in [6.07, 6.45) is 3.05. The third kappa shape index (κ3) is 2.63. The van der Waals surface area contributed by atoms with Gasteiger partial charge in [0.1, 0.15) is 0 Å². The van der Waals surface area contributed by atoms with Gasteiger partial charge in [-0.1, -0.05) is 36.4 Å². The number of furan rings is 1. The Bertz CT molecular complexity index is 1630. The van der Waals surface area contributed by atoms with Crippen LogP contribution in [0.4, 0.5) is 5.95 Å². The number of nitrogens with two attached hydrogens (primary N) is 1. The van der Waals surface area contributed by atoms with Crippen molar-refractivity contribution < 1.29 is 14.3 Å². The van der Waals surface area contributed by atoms with Gasteiger partial charge in [0.25, 0.3) is 0 Å². The van der Waals surface area contributed by atoms with E-state index in [1.807, 2.05) is 36.4 Å². The lowest BCUT2D eigenvalue weighted by Crippen LogP contribution is -2.22. The lowest BCUT2D eigenvalue weighted by atomic mass is 10.0. The predicted octanol–water partition coefficient (Wildman–Crippen LogP) is 3.14. The standard InChI is InChI=1S/C22H15N7O3/c23-22-26-20-15(19-25-18(27-29(19)22)16-6-3-9-32-16)11-24-28(20)17(21(30)31)14-8-7-12-4-1-2-5-13(12)10-14/h1-11,17H,(H2,23,26)(H,30,31). The Morgan fingerprint density at radius 2 is 1.88 bits per heavy atom. The number of nitrogen functional groups attached to an aromatic ring is 1. The highest BCUT2D eigenvalue weighted by atomic mass is 16.4. The molecule has 32 heavy (non-hydrogen) atoms. The molecular formula is C22H15N7O3. The van der Waals surface area contributed by atoms with Crippen LogP contribution in [-0.4, -0.2) is 40.4 Å². The Morgan fingerprint density at radius 3 is 2.66 bits per heavy atom. The van der Waals surface area contributed by atoms with Gasteiger partial charge in [-0.05, 0) is 34.5 Å². The summed E-state index contributed by atoms with van der Waals surface area (Å²) in [5, 5.41) is 21.3. The lowest BCUT2D eigenvalue weighted by Gasteiger charge is -2.15. The average Bonchev–Trinajstić information content (AvgIpc) is 3.53. The van der Waals surface area contributed by atoms with Gasteiger partial charge in [-0.25, -0.2) is 14.5 Å². The summed E-state index contributed by atoms with van der Waals surface area (Å²) >= 11 is 0. The third-order valence-electron chi connectivity index (χ3n) is 5.36. The Balaban J connectivity index is 1.56. The molecule has 0 saturated heterocycles. The van der Waals surface area contributed by atoms with E-state index in [2.05, 4.69) is 20.2 Å². The average molecular weight is 425 g/mol. The molecule has 10 nitrogen and oxygen atoms in total. The maximum Gasteiger partial charge on any atom is 0.333 e. The minimum atomic E-state index is -1.10. The van der Waals surface area contributed by atoms with E-state index >= 15 is 0 Å². The molecule has 0 aliphatic heterocycles. The zero-order valence-electron chi connectivity index (χ0n) is 16.5. The highest BCUT2D eigenvalue weighted by molar-refractivity contribution is 5.92. The SMILES string of the molecule is Nc1nc2c(cnn2C(C(=O)O)c2ccc3ccccc3c2)c2nc(-c3ccco3)nn12. The number of hydrogen-bond donors (Lipinski definition) is 2. The molecule has 6 rings (SSSR count). The summed E-state index contributed by atoms with van der Waals surface area (Å²) in [5.74, 6) is -0.188. The van der Waals surface area contributed by atoms with E-state index in [1.165, 1.54) is 21.7 Å². The molecule has 4 heterocycles. The fourth-order valence-electron chi connectivity index (χ4n) is 3.89. The molecule has 2 aromatic carbocycles. The highest BCUT2D eigenvalue weighted by Crippen LogP contribution is 2.29. The fraction of sp³-hybridized carbons (Fsp3) is 0.0455. The van der Waals surface area contributed by atoms with E-state index in [0.29, 0.717) is 33.8 Å². The molecule has 0 spiro atoms. The van der Waals surface area contributed by atoms with Crippen molar-refractivity contribution >= 4 is 39.4 Å². The number of carboxylic acids is 1. The van der Waals surface area contributed by atoms with Gasteiger partial charge in [-0.2, -0.15) is 14.6 Å². The van der Waals surface area contributed by atoms with Gasteiger partial charge in [-0.3, -0.25) is 0 Å². The normalized spacial score (nSPS) is 12.6. The number of aromatic nitrogens is 6. The molecule has 3 N–H and O–H groups in total. The van der Waals surface area contributed by atoms with Crippen molar-refractivity contribution in [1.29, 1.82) is 0 Å². The minimum absolute atomic E-state index is 0.0576. The molecular weight excluding hydrogens is 410 g/mol. The van der Waals surface area contributed by atoms with Crippen molar-refractivity contribution in [3.8, 4) is 11.6 Å². The first-order chi connectivity index (χ1) is 15.6. The quantitative estimate of drug-likeness (QED) is 0.439. The largest absolute Gasteiger partial charge is 0.479 e. The molecule has 10 heteroatoms. The van der Waals surface area contributed by atoms with Gasteiger partial charge in [0, 0.05) is 0 Å². The van der Waals surface area contributed by atoms with E-state index in [0.717, 1.165) is 10.8 Å². The first-order valence-electron chi connectivity index (χ1n) is 9.75. The molecule has 0 aliphatic rings. The second-order valence-electron chi connectivity index (χ2n) is 7.29. The molecule has 4 aromatic heterocycles. The first-order valence-corrected chi connectivity index (χ1v) is 9.75. The van der Waals surface area contributed by atoms with Crippen LogP contribution in [0.3, 0.4) is 0 Å². The summed E-state index contributed by atoms with van der Waals surface area (Å²) in [6.45, 7) is 0. The summed E-state index contributed by atoms with van der Waals surface area (Å²) in [6, 6.07) is 15.6. The van der Waals surface area contributed by atoms with Crippen molar-refractivity contribution in [2.45, 2.75) is 6.04 Å². The van der Waals surface area contributed by atoms with Crippen LogP contribution >= 0.6 is 0 Å². The van der Waals surface area contributed by atoms with Crippen LogP contribution in [0.5, 0.6) is 0 Å². The van der Waals surface area contributed by atoms with Gasteiger partial charge >= 0.3 is 5.97 Å². The maximum atomic E-state index is 12.3. The second kappa shape index (κ2) is 6.64. The van der Waals surface area contributed by atoms with Crippen LogP contribution in [0.2, 0.25) is 0 Å². The number of anilines is 1. The van der Waals surface area contributed by atoms with Crippen molar-refractivity contribution in [3.05, 3.63) is 72.6 Å². The second-order valence-corrected chi connectivity index (χ2v) is 7.29. The molecule has 0 saturated carbocycles. The molecule has 0 radical (unpaired) electrons. The third-order valence-corrected chi connectivity index (χ3v) is 5.36. The monoisotopic (exact) mass is 425 g/mol. The van der Waals surface area contributed by atoms with Crippen LogP contribution in [0.25, 0.3) is 39.0 Å². The Kier molecular flexibility index (Phi) is 3.75. The summed E-state index contributed by atoms with van der Waals surface area (Å²) in [4.78, 5) is 21.2. The van der Waals surface area contributed by atoms with E-state index in [4.69, 9.17) is 10.2 Å². The Labute approximate surface area is 179 Å². The van der Waals surface area contributed by atoms with Crippen LogP contribution in [0.1, 0.15) is 11.6 Å². The Morgan fingerprint density at radius 1 is 1.03 bits per heavy atom. The number of rotatable bonds is 4. The molecule has 0 amide bonds. The number of fused-ring (bicyclic) bond motifs is 4. The van der Waals surface area contributed by atoms with Crippen LogP contribution in [-0.2, 0) is 4.79 Å². The van der Waals surface area contributed by atoms with Gasteiger partial charge in [0.2, 0.25) is 11.8 Å².